The molecule has 0 aromatic heterocycles. The van der Waals surface area contributed by atoms with Crippen molar-refractivity contribution in [3.05, 3.63) is 30.1 Å². The number of halogens is 1. The minimum Gasteiger partial charge on any atom is -0.342 e. The molecule has 100 valence electrons. The number of benzene rings is 1. The van der Waals surface area contributed by atoms with Gasteiger partial charge in [-0.15, -0.1) is 11.8 Å². The highest BCUT2D eigenvalue weighted by Gasteiger charge is 2.13. The van der Waals surface area contributed by atoms with Crippen molar-refractivity contribution in [2.45, 2.75) is 25.7 Å². The fourth-order valence-electron chi connectivity index (χ4n) is 1.62. The third-order valence-corrected chi connectivity index (χ3v) is 3.49. The van der Waals surface area contributed by atoms with Crippen molar-refractivity contribution in [2.75, 3.05) is 18.8 Å². The first kappa shape index (κ1) is 15.0. The van der Waals surface area contributed by atoms with Gasteiger partial charge in [0.2, 0.25) is 5.91 Å². The maximum atomic E-state index is 12.7. The Morgan fingerprint density at radius 1 is 1.33 bits per heavy atom. The van der Waals surface area contributed by atoms with E-state index in [0.29, 0.717) is 11.7 Å². The van der Waals surface area contributed by atoms with Crippen molar-refractivity contribution in [1.29, 1.82) is 0 Å². The zero-order valence-electron chi connectivity index (χ0n) is 11.1. The predicted octanol–water partition coefficient (Wildman–Crippen LogP) is 3.42. The van der Waals surface area contributed by atoms with Crippen LogP contribution in [0.5, 0.6) is 0 Å². The largest absolute Gasteiger partial charge is 0.342 e. The second-order valence-electron chi connectivity index (χ2n) is 4.57. The molecule has 0 radical (unpaired) electrons. The molecule has 0 fully saturated rings. The van der Waals surface area contributed by atoms with Crippen LogP contribution < -0.4 is 0 Å². The lowest BCUT2D eigenvalue weighted by molar-refractivity contribution is -0.128. The lowest BCUT2D eigenvalue weighted by atomic mass is 10.2. The Morgan fingerprint density at radius 3 is 2.44 bits per heavy atom. The molecule has 0 heterocycles. The molecule has 0 N–H and O–H groups in total. The van der Waals surface area contributed by atoms with Crippen LogP contribution in [0.15, 0.2) is 29.2 Å². The van der Waals surface area contributed by atoms with Crippen molar-refractivity contribution >= 4 is 17.7 Å². The molecule has 4 heteroatoms. The summed E-state index contributed by atoms with van der Waals surface area (Å²) in [6.45, 7) is 7.72. The standard InChI is InChI=1S/C14H20FNOS/c1-4-16(9-11(2)3)14(17)10-18-13-7-5-12(15)6-8-13/h5-8,11H,4,9-10H2,1-3H3. The van der Waals surface area contributed by atoms with Gasteiger partial charge in [0.1, 0.15) is 5.82 Å². The molecule has 0 aliphatic carbocycles. The van der Waals surface area contributed by atoms with E-state index >= 15 is 0 Å². The van der Waals surface area contributed by atoms with Gasteiger partial charge in [-0.3, -0.25) is 4.79 Å². The Labute approximate surface area is 113 Å². The summed E-state index contributed by atoms with van der Waals surface area (Å²) in [6.07, 6.45) is 0. The van der Waals surface area contributed by atoms with Crippen LogP contribution in [0.25, 0.3) is 0 Å². The Balaban J connectivity index is 2.46. The third-order valence-electron chi connectivity index (χ3n) is 2.50. The number of carbonyl (C=O) groups excluding carboxylic acids is 1. The first-order valence-corrected chi connectivity index (χ1v) is 7.17. The molecule has 2 nitrogen and oxygen atoms in total. The van der Waals surface area contributed by atoms with Gasteiger partial charge in [0.25, 0.3) is 0 Å². The van der Waals surface area contributed by atoms with E-state index in [1.54, 1.807) is 12.1 Å². The molecule has 18 heavy (non-hydrogen) atoms. The summed E-state index contributed by atoms with van der Waals surface area (Å²) < 4.78 is 12.7. The number of hydrogen-bond donors (Lipinski definition) is 0. The van der Waals surface area contributed by atoms with Gasteiger partial charge in [-0.25, -0.2) is 4.39 Å². The summed E-state index contributed by atoms with van der Waals surface area (Å²) in [5, 5.41) is 0. The molecule has 1 amide bonds. The number of amides is 1. The maximum Gasteiger partial charge on any atom is 0.232 e. The van der Waals surface area contributed by atoms with E-state index in [-0.39, 0.29) is 11.7 Å². The van der Waals surface area contributed by atoms with Gasteiger partial charge < -0.3 is 4.90 Å². The zero-order chi connectivity index (χ0) is 13.5. The van der Waals surface area contributed by atoms with E-state index in [1.165, 1.54) is 23.9 Å². The average molecular weight is 269 g/mol. The monoisotopic (exact) mass is 269 g/mol. The van der Waals surface area contributed by atoms with Crippen LogP contribution in [0.4, 0.5) is 4.39 Å². The molecular formula is C14H20FNOS. The minimum absolute atomic E-state index is 0.139. The van der Waals surface area contributed by atoms with E-state index < -0.39 is 0 Å². The van der Waals surface area contributed by atoms with E-state index in [4.69, 9.17) is 0 Å². The van der Waals surface area contributed by atoms with Crippen LogP contribution in [0, 0.1) is 11.7 Å². The lowest BCUT2D eigenvalue weighted by Crippen LogP contribution is -2.35. The first-order valence-electron chi connectivity index (χ1n) is 6.19. The molecule has 0 atom stereocenters. The van der Waals surface area contributed by atoms with Crippen molar-refractivity contribution in [1.82, 2.24) is 4.90 Å². The summed E-state index contributed by atoms with van der Waals surface area (Å²) in [5.74, 6) is 0.776. The minimum atomic E-state index is -0.249. The summed E-state index contributed by atoms with van der Waals surface area (Å²) in [6, 6.07) is 6.23. The van der Waals surface area contributed by atoms with Gasteiger partial charge in [0, 0.05) is 18.0 Å². The lowest BCUT2D eigenvalue weighted by Gasteiger charge is -2.22. The van der Waals surface area contributed by atoms with Crippen LogP contribution in [-0.4, -0.2) is 29.6 Å². The average Bonchev–Trinajstić information content (AvgIpc) is 2.34. The molecule has 0 spiro atoms. The zero-order valence-corrected chi connectivity index (χ0v) is 12.0. The van der Waals surface area contributed by atoms with E-state index in [1.807, 2.05) is 11.8 Å². The Morgan fingerprint density at radius 2 is 1.94 bits per heavy atom. The molecule has 0 aliphatic heterocycles. The van der Waals surface area contributed by atoms with Crippen LogP contribution in [0.2, 0.25) is 0 Å². The van der Waals surface area contributed by atoms with Gasteiger partial charge in [-0.05, 0) is 37.1 Å². The summed E-state index contributed by atoms with van der Waals surface area (Å²) in [5.41, 5.74) is 0. The molecule has 0 saturated heterocycles. The third kappa shape index (κ3) is 5.08. The van der Waals surface area contributed by atoms with Gasteiger partial charge in [-0.2, -0.15) is 0 Å². The summed E-state index contributed by atoms with van der Waals surface area (Å²) in [7, 11) is 0. The second-order valence-corrected chi connectivity index (χ2v) is 5.62. The number of rotatable bonds is 6. The Bertz CT molecular complexity index is 378. The van der Waals surface area contributed by atoms with Crippen LogP contribution in [0.3, 0.4) is 0 Å². The second kappa shape index (κ2) is 7.41. The summed E-state index contributed by atoms with van der Waals surface area (Å²) >= 11 is 1.45. The van der Waals surface area contributed by atoms with Gasteiger partial charge in [0.15, 0.2) is 0 Å². The molecule has 1 aromatic carbocycles. The molecule has 1 aromatic rings. The quantitative estimate of drug-likeness (QED) is 0.738. The van der Waals surface area contributed by atoms with Crippen molar-refractivity contribution in [3.63, 3.8) is 0 Å². The Kier molecular flexibility index (Phi) is 6.19. The number of carbonyl (C=O) groups is 1. The van der Waals surface area contributed by atoms with E-state index in [0.717, 1.165) is 18.0 Å². The Hall–Kier alpha value is -1.03. The molecule has 0 saturated carbocycles. The highest BCUT2D eigenvalue weighted by Crippen LogP contribution is 2.18. The number of nitrogens with zero attached hydrogens (tertiary/aromatic N) is 1. The highest BCUT2D eigenvalue weighted by atomic mass is 32.2. The number of hydrogen-bond acceptors (Lipinski definition) is 2. The van der Waals surface area contributed by atoms with Gasteiger partial charge in [-0.1, -0.05) is 13.8 Å². The maximum absolute atomic E-state index is 12.7. The fraction of sp³-hybridized carbons (Fsp3) is 0.500. The molecule has 0 bridgehead atoms. The van der Waals surface area contributed by atoms with Crippen molar-refractivity contribution in [2.24, 2.45) is 5.92 Å². The first-order chi connectivity index (χ1) is 8.52. The molecule has 1 rings (SSSR count). The van der Waals surface area contributed by atoms with Crippen molar-refractivity contribution < 1.29 is 9.18 Å². The molecule has 0 unspecified atom stereocenters. The predicted molar refractivity (Wildman–Crippen MR) is 74.2 cm³/mol. The normalized spacial score (nSPS) is 10.7. The van der Waals surface area contributed by atoms with Crippen LogP contribution in [0.1, 0.15) is 20.8 Å². The SMILES string of the molecule is CCN(CC(C)C)C(=O)CSc1ccc(F)cc1. The van der Waals surface area contributed by atoms with E-state index in [9.17, 15) is 9.18 Å². The molecule has 0 aliphatic rings. The fourth-order valence-corrected chi connectivity index (χ4v) is 2.42. The van der Waals surface area contributed by atoms with E-state index in [2.05, 4.69) is 13.8 Å². The topological polar surface area (TPSA) is 20.3 Å². The highest BCUT2D eigenvalue weighted by molar-refractivity contribution is 8.00. The van der Waals surface area contributed by atoms with Crippen molar-refractivity contribution in [3.8, 4) is 0 Å². The van der Waals surface area contributed by atoms with Crippen LogP contribution in [-0.2, 0) is 4.79 Å². The summed E-state index contributed by atoms with van der Waals surface area (Å²) in [4.78, 5) is 14.8. The van der Waals surface area contributed by atoms with Crippen LogP contribution >= 0.6 is 11.8 Å². The molecular weight excluding hydrogens is 249 g/mol. The van der Waals surface area contributed by atoms with Gasteiger partial charge in [0.05, 0.1) is 5.75 Å². The number of thioether (sulfide) groups is 1. The van der Waals surface area contributed by atoms with Gasteiger partial charge >= 0.3 is 0 Å². The smallest absolute Gasteiger partial charge is 0.232 e.